The quantitative estimate of drug-likeness (QED) is 0.617. The Balaban J connectivity index is 2.41. The van der Waals surface area contributed by atoms with Gasteiger partial charge in [0.05, 0.1) is 6.61 Å². The van der Waals surface area contributed by atoms with Crippen molar-refractivity contribution < 1.29 is 9.53 Å². The molecule has 0 spiro atoms. The lowest BCUT2D eigenvalue weighted by Gasteiger charge is -2.33. The molecule has 1 heterocycles. The number of nitrogens with one attached hydrogen (secondary N) is 1. The Morgan fingerprint density at radius 3 is 2.47 bits per heavy atom. The molecule has 0 bridgehead atoms. The molecule has 0 aromatic rings. The molecule has 1 N–H and O–H groups in total. The number of hydrogen-bond donors (Lipinski definition) is 1. The number of rotatable bonds is 3. The van der Waals surface area contributed by atoms with Crippen LogP contribution in [0.25, 0.3) is 0 Å². The van der Waals surface area contributed by atoms with Gasteiger partial charge in [0.2, 0.25) is 0 Å². The van der Waals surface area contributed by atoms with Gasteiger partial charge in [0, 0.05) is 39.8 Å². The van der Waals surface area contributed by atoms with E-state index in [9.17, 15) is 4.79 Å². The lowest BCUT2D eigenvalue weighted by Crippen LogP contribution is -2.49. The summed E-state index contributed by atoms with van der Waals surface area (Å²) in [6, 6.07) is 0.373. The van der Waals surface area contributed by atoms with E-state index < -0.39 is 0 Å². The van der Waals surface area contributed by atoms with Crippen LogP contribution in [0.1, 0.15) is 26.7 Å². The fraction of sp³-hybridized carbons (Fsp3) is 0.846. The molecule has 19 heavy (non-hydrogen) atoms. The minimum Gasteiger partial charge on any atom is -0.450 e. The number of ether oxygens (including phenoxy) is 1. The van der Waals surface area contributed by atoms with Crippen LogP contribution in [0.2, 0.25) is 0 Å². The van der Waals surface area contributed by atoms with Gasteiger partial charge in [-0.1, -0.05) is 0 Å². The summed E-state index contributed by atoms with van der Waals surface area (Å²) in [4.78, 5) is 19.8. The normalized spacial score (nSPS) is 17.3. The Hall–Kier alpha value is -1.46. The molecule has 1 aliphatic rings. The number of piperidine rings is 1. The van der Waals surface area contributed by atoms with Crippen LogP contribution in [0.3, 0.4) is 0 Å². The Morgan fingerprint density at radius 1 is 1.37 bits per heavy atom. The summed E-state index contributed by atoms with van der Waals surface area (Å²) in [7, 11) is 3.96. The zero-order valence-electron chi connectivity index (χ0n) is 12.5. The fourth-order valence-electron chi connectivity index (χ4n) is 2.07. The molecule has 1 saturated heterocycles. The molecular weight excluding hydrogens is 244 g/mol. The van der Waals surface area contributed by atoms with Crippen LogP contribution in [-0.4, -0.2) is 68.2 Å². The third-order valence-electron chi connectivity index (χ3n) is 3.09. The first kappa shape index (κ1) is 15.6. The molecule has 1 fully saturated rings. The van der Waals surface area contributed by atoms with Crippen molar-refractivity contribution in [2.24, 2.45) is 4.99 Å². The number of aliphatic imine (C=N–C) groups is 1. The topological polar surface area (TPSA) is 57.2 Å². The minimum atomic E-state index is -0.198. The molecule has 6 heteroatoms. The first-order valence-corrected chi connectivity index (χ1v) is 6.98. The van der Waals surface area contributed by atoms with Crippen molar-refractivity contribution in [3.63, 3.8) is 0 Å². The molecule has 0 unspecified atom stereocenters. The summed E-state index contributed by atoms with van der Waals surface area (Å²) in [5, 5.41) is 3.44. The van der Waals surface area contributed by atoms with E-state index in [1.807, 2.05) is 32.8 Å². The van der Waals surface area contributed by atoms with E-state index in [1.165, 1.54) is 0 Å². The molecule has 110 valence electrons. The van der Waals surface area contributed by atoms with E-state index in [1.54, 1.807) is 4.90 Å². The molecule has 0 radical (unpaired) electrons. The molecule has 0 aliphatic carbocycles. The van der Waals surface area contributed by atoms with Crippen molar-refractivity contribution in [2.75, 3.05) is 40.3 Å². The Bertz CT molecular complexity index is 310. The second kappa shape index (κ2) is 7.86. The number of hydrogen-bond acceptors (Lipinski definition) is 3. The molecular formula is C13H26N4O2. The van der Waals surface area contributed by atoms with Crippen LogP contribution < -0.4 is 5.32 Å². The van der Waals surface area contributed by atoms with Crippen LogP contribution in [0, 0.1) is 0 Å². The molecule has 0 aromatic carbocycles. The summed E-state index contributed by atoms with van der Waals surface area (Å²) in [5.41, 5.74) is 0. The number of carbonyl (C=O) groups is 1. The van der Waals surface area contributed by atoms with Crippen molar-refractivity contribution in [3.05, 3.63) is 0 Å². The van der Waals surface area contributed by atoms with E-state index in [-0.39, 0.29) is 6.09 Å². The van der Waals surface area contributed by atoms with Gasteiger partial charge in [0.15, 0.2) is 5.96 Å². The van der Waals surface area contributed by atoms with Gasteiger partial charge in [-0.3, -0.25) is 4.99 Å². The van der Waals surface area contributed by atoms with E-state index in [0.29, 0.717) is 12.6 Å². The van der Waals surface area contributed by atoms with E-state index in [0.717, 1.165) is 38.4 Å². The largest absolute Gasteiger partial charge is 0.450 e. The van der Waals surface area contributed by atoms with Crippen molar-refractivity contribution in [1.29, 1.82) is 0 Å². The van der Waals surface area contributed by atoms with Gasteiger partial charge < -0.3 is 19.9 Å². The van der Waals surface area contributed by atoms with E-state index >= 15 is 0 Å². The first-order valence-electron chi connectivity index (χ1n) is 6.98. The summed E-state index contributed by atoms with van der Waals surface area (Å²) < 4.78 is 5.01. The number of carbonyl (C=O) groups excluding carboxylic acids is 1. The smallest absolute Gasteiger partial charge is 0.409 e. The summed E-state index contributed by atoms with van der Waals surface area (Å²) in [6.07, 6.45) is 1.65. The average molecular weight is 270 g/mol. The van der Waals surface area contributed by atoms with Gasteiger partial charge >= 0.3 is 6.09 Å². The molecule has 1 aliphatic heterocycles. The van der Waals surface area contributed by atoms with Crippen LogP contribution in [0.4, 0.5) is 4.79 Å². The standard InChI is InChI=1S/C13H26N4O2/c1-5-14-12(16(3)4)15-11-7-9-17(10-8-11)13(18)19-6-2/h11H,5-10H2,1-4H3,(H,14,15). The minimum absolute atomic E-state index is 0.198. The highest BCUT2D eigenvalue weighted by molar-refractivity contribution is 5.79. The molecule has 6 nitrogen and oxygen atoms in total. The highest BCUT2D eigenvalue weighted by Crippen LogP contribution is 2.11. The van der Waals surface area contributed by atoms with Gasteiger partial charge in [0.25, 0.3) is 0 Å². The fourth-order valence-corrected chi connectivity index (χ4v) is 2.07. The third-order valence-corrected chi connectivity index (χ3v) is 3.09. The highest BCUT2D eigenvalue weighted by atomic mass is 16.6. The maximum atomic E-state index is 11.6. The van der Waals surface area contributed by atoms with Gasteiger partial charge in [-0.15, -0.1) is 0 Å². The Kier molecular flexibility index (Phi) is 6.45. The zero-order chi connectivity index (χ0) is 14.3. The molecule has 1 rings (SSSR count). The van der Waals surface area contributed by atoms with Crippen LogP contribution in [0.15, 0.2) is 4.99 Å². The average Bonchev–Trinajstić information content (AvgIpc) is 2.39. The lowest BCUT2D eigenvalue weighted by molar-refractivity contribution is 0.0962. The van der Waals surface area contributed by atoms with Crippen molar-refractivity contribution in [2.45, 2.75) is 32.7 Å². The number of guanidine groups is 1. The number of nitrogens with zero attached hydrogens (tertiary/aromatic N) is 3. The van der Waals surface area contributed by atoms with Gasteiger partial charge in [-0.05, 0) is 26.7 Å². The third kappa shape index (κ3) is 4.96. The van der Waals surface area contributed by atoms with Crippen molar-refractivity contribution >= 4 is 12.1 Å². The molecule has 0 saturated carbocycles. The molecule has 0 atom stereocenters. The summed E-state index contributed by atoms with van der Waals surface area (Å²) in [6.45, 7) is 6.53. The predicted molar refractivity (Wildman–Crippen MR) is 76.4 cm³/mol. The number of amides is 1. The van der Waals surface area contributed by atoms with Gasteiger partial charge in [-0.2, -0.15) is 0 Å². The van der Waals surface area contributed by atoms with Crippen molar-refractivity contribution in [3.8, 4) is 0 Å². The van der Waals surface area contributed by atoms with Crippen LogP contribution >= 0.6 is 0 Å². The molecule has 1 amide bonds. The predicted octanol–water partition coefficient (Wildman–Crippen LogP) is 1.13. The zero-order valence-corrected chi connectivity index (χ0v) is 12.5. The summed E-state index contributed by atoms with van der Waals surface area (Å²) in [5.74, 6) is 0.914. The Labute approximate surface area is 115 Å². The van der Waals surface area contributed by atoms with E-state index in [4.69, 9.17) is 4.74 Å². The summed E-state index contributed by atoms with van der Waals surface area (Å²) >= 11 is 0. The van der Waals surface area contributed by atoms with E-state index in [2.05, 4.69) is 10.3 Å². The SMILES string of the molecule is CCN=C(NC1CCN(C(=O)OCC)CC1)N(C)C. The maximum Gasteiger partial charge on any atom is 0.409 e. The maximum absolute atomic E-state index is 11.6. The van der Waals surface area contributed by atoms with Crippen molar-refractivity contribution in [1.82, 2.24) is 15.1 Å². The van der Waals surface area contributed by atoms with Gasteiger partial charge in [-0.25, -0.2) is 4.79 Å². The second-order valence-corrected chi connectivity index (χ2v) is 4.80. The van der Waals surface area contributed by atoms with Crippen LogP contribution in [-0.2, 0) is 4.74 Å². The highest BCUT2D eigenvalue weighted by Gasteiger charge is 2.24. The second-order valence-electron chi connectivity index (χ2n) is 4.80. The van der Waals surface area contributed by atoms with Crippen LogP contribution in [0.5, 0.6) is 0 Å². The number of likely N-dealkylation sites (tertiary alicyclic amines) is 1. The first-order chi connectivity index (χ1) is 9.08. The molecule has 0 aromatic heterocycles. The monoisotopic (exact) mass is 270 g/mol. The lowest BCUT2D eigenvalue weighted by atomic mass is 10.1. The Morgan fingerprint density at radius 2 is 2.00 bits per heavy atom. The van der Waals surface area contributed by atoms with Gasteiger partial charge in [0.1, 0.15) is 0 Å².